The van der Waals surface area contributed by atoms with E-state index in [0.29, 0.717) is 16.2 Å². The highest BCUT2D eigenvalue weighted by atomic mass is 79.9. The van der Waals surface area contributed by atoms with E-state index in [1.165, 1.54) is 17.5 Å². The summed E-state index contributed by atoms with van der Waals surface area (Å²) in [5.41, 5.74) is 2.94. The molecule has 3 heteroatoms. The molecule has 92 valence electrons. The van der Waals surface area contributed by atoms with Crippen LogP contribution in [0.2, 0.25) is 5.02 Å². The molecule has 1 aliphatic carbocycles. The summed E-state index contributed by atoms with van der Waals surface area (Å²) in [6.45, 7) is 5.42. The molecule has 1 aliphatic heterocycles. The van der Waals surface area contributed by atoms with E-state index in [1.54, 1.807) is 0 Å². The predicted molar refractivity (Wildman–Crippen MR) is 74.2 cm³/mol. The second-order valence-corrected chi connectivity index (χ2v) is 7.21. The first-order valence-electron chi connectivity index (χ1n) is 6.08. The average Bonchev–Trinajstić information content (AvgIpc) is 2.71. The molecule has 0 aromatic heterocycles. The molecule has 0 bridgehead atoms. The van der Waals surface area contributed by atoms with E-state index in [1.807, 2.05) is 6.07 Å². The zero-order valence-corrected chi connectivity index (χ0v) is 12.4. The van der Waals surface area contributed by atoms with Crippen molar-refractivity contribution in [3.05, 3.63) is 28.3 Å². The fraction of sp³-hybridized carbons (Fsp3) is 0.571. The van der Waals surface area contributed by atoms with E-state index >= 15 is 0 Å². The first-order chi connectivity index (χ1) is 7.99. The molecule has 1 saturated carbocycles. The fourth-order valence-corrected chi connectivity index (χ4v) is 4.22. The van der Waals surface area contributed by atoms with E-state index in [2.05, 4.69) is 35.8 Å². The number of halogens is 2. The molecule has 1 heterocycles. The molecule has 0 N–H and O–H groups in total. The first kappa shape index (κ1) is 11.9. The normalized spacial score (nSPS) is 26.2. The van der Waals surface area contributed by atoms with E-state index in [9.17, 15) is 0 Å². The van der Waals surface area contributed by atoms with Crippen LogP contribution in [0.3, 0.4) is 0 Å². The molecule has 17 heavy (non-hydrogen) atoms. The second kappa shape index (κ2) is 3.89. The van der Waals surface area contributed by atoms with Gasteiger partial charge in [0, 0.05) is 21.8 Å². The smallest absolute Gasteiger partial charge is 0.127 e. The van der Waals surface area contributed by atoms with Gasteiger partial charge in [0.05, 0.1) is 6.61 Å². The number of fused-ring (bicyclic) bond motifs is 1. The Morgan fingerprint density at radius 3 is 2.82 bits per heavy atom. The summed E-state index contributed by atoms with van der Waals surface area (Å²) in [6.07, 6.45) is 2.25. The predicted octanol–water partition coefficient (Wildman–Crippen LogP) is 4.76. The molecular weight excluding hydrogens is 300 g/mol. The summed E-state index contributed by atoms with van der Waals surface area (Å²) in [4.78, 5) is 0.364. The summed E-state index contributed by atoms with van der Waals surface area (Å²) in [5.74, 6) is 1.76. The van der Waals surface area contributed by atoms with E-state index in [-0.39, 0.29) is 0 Å². The SMILES string of the molecule is CC1(C)CC1C(Br)c1cc(Cl)cc2c1OCC2. The van der Waals surface area contributed by atoms with Crippen molar-refractivity contribution in [2.45, 2.75) is 31.5 Å². The number of ether oxygens (including phenoxy) is 1. The average molecular weight is 316 g/mol. The highest BCUT2D eigenvalue weighted by molar-refractivity contribution is 9.09. The van der Waals surface area contributed by atoms with Crippen molar-refractivity contribution in [3.63, 3.8) is 0 Å². The summed E-state index contributed by atoms with van der Waals surface area (Å²) in [5, 5.41) is 0.826. The molecule has 0 saturated heterocycles. The lowest BCUT2D eigenvalue weighted by molar-refractivity contribution is 0.352. The lowest BCUT2D eigenvalue weighted by Crippen LogP contribution is -2.01. The van der Waals surface area contributed by atoms with Gasteiger partial charge < -0.3 is 4.74 Å². The number of hydrogen-bond acceptors (Lipinski definition) is 1. The molecule has 1 fully saturated rings. The van der Waals surface area contributed by atoms with Gasteiger partial charge in [-0.3, -0.25) is 0 Å². The monoisotopic (exact) mass is 314 g/mol. The summed E-state index contributed by atoms with van der Waals surface area (Å²) in [7, 11) is 0. The van der Waals surface area contributed by atoms with Crippen molar-refractivity contribution in [3.8, 4) is 5.75 Å². The molecule has 0 spiro atoms. The van der Waals surface area contributed by atoms with Crippen LogP contribution in [0.4, 0.5) is 0 Å². The number of rotatable bonds is 2. The lowest BCUT2D eigenvalue weighted by Gasteiger charge is -2.16. The van der Waals surface area contributed by atoms with Crippen molar-refractivity contribution in [1.29, 1.82) is 0 Å². The molecule has 2 unspecified atom stereocenters. The van der Waals surface area contributed by atoms with Gasteiger partial charge >= 0.3 is 0 Å². The molecule has 1 aromatic carbocycles. The molecule has 2 atom stereocenters. The minimum Gasteiger partial charge on any atom is -0.493 e. The maximum Gasteiger partial charge on any atom is 0.127 e. The molecular formula is C14H16BrClO. The van der Waals surface area contributed by atoms with Crippen molar-refractivity contribution < 1.29 is 4.74 Å². The van der Waals surface area contributed by atoms with E-state index in [4.69, 9.17) is 16.3 Å². The minimum absolute atomic E-state index is 0.364. The maximum absolute atomic E-state index is 6.19. The van der Waals surface area contributed by atoms with Crippen LogP contribution < -0.4 is 4.74 Å². The number of hydrogen-bond donors (Lipinski definition) is 0. The molecule has 0 amide bonds. The summed E-state index contributed by atoms with van der Waals surface area (Å²) < 4.78 is 5.76. The Hall–Kier alpha value is -0.210. The first-order valence-corrected chi connectivity index (χ1v) is 7.37. The van der Waals surface area contributed by atoms with Gasteiger partial charge in [-0.25, -0.2) is 0 Å². The maximum atomic E-state index is 6.19. The Morgan fingerprint density at radius 2 is 2.18 bits per heavy atom. The fourth-order valence-electron chi connectivity index (χ4n) is 2.73. The van der Waals surface area contributed by atoms with Crippen molar-refractivity contribution >= 4 is 27.5 Å². The van der Waals surface area contributed by atoms with Gasteiger partial charge in [-0.05, 0) is 35.4 Å². The standard InChI is InChI=1S/C14H16BrClO/c1-14(2)7-11(14)12(15)10-6-9(16)5-8-3-4-17-13(8)10/h5-6,11-12H,3-4,7H2,1-2H3. The third-order valence-electron chi connectivity index (χ3n) is 4.02. The molecule has 1 nitrogen and oxygen atoms in total. The third kappa shape index (κ3) is 2.00. The number of benzene rings is 1. The van der Waals surface area contributed by atoms with Crippen LogP contribution in [-0.4, -0.2) is 6.61 Å². The van der Waals surface area contributed by atoms with Gasteiger partial charge in [-0.1, -0.05) is 41.4 Å². The quantitative estimate of drug-likeness (QED) is 0.715. The summed E-state index contributed by atoms with van der Waals surface area (Å²) >= 11 is 10.0. The van der Waals surface area contributed by atoms with Crippen LogP contribution in [0.1, 0.15) is 36.2 Å². The van der Waals surface area contributed by atoms with Crippen LogP contribution >= 0.6 is 27.5 Å². The van der Waals surface area contributed by atoms with Gasteiger partial charge in [0.15, 0.2) is 0 Å². The van der Waals surface area contributed by atoms with Gasteiger partial charge in [-0.15, -0.1) is 0 Å². The van der Waals surface area contributed by atoms with E-state index in [0.717, 1.165) is 23.8 Å². The highest BCUT2D eigenvalue weighted by Crippen LogP contribution is 2.62. The topological polar surface area (TPSA) is 9.23 Å². The van der Waals surface area contributed by atoms with Crippen LogP contribution in [0.5, 0.6) is 5.75 Å². The Bertz CT molecular complexity index is 470. The van der Waals surface area contributed by atoms with Crippen LogP contribution in [0.15, 0.2) is 12.1 Å². The molecule has 2 aliphatic rings. The Labute approximate surface area is 116 Å². The molecule has 1 aromatic rings. The third-order valence-corrected chi connectivity index (χ3v) is 5.37. The van der Waals surface area contributed by atoms with Crippen molar-refractivity contribution in [2.24, 2.45) is 11.3 Å². The lowest BCUT2D eigenvalue weighted by atomic mass is 9.99. The highest BCUT2D eigenvalue weighted by Gasteiger charge is 2.50. The summed E-state index contributed by atoms with van der Waals surface area (Å²) in [6, 6.07) is 4.09. The minimum atomic E-state index is 0.364. The number of alkyl halides is 1. The largest absolute Gasteiger partial charge is 0.493 e. The Balaban J connectivity index is 1.98. The van der Waals surface area contributed by atoms with Crippen LogP contribution in [-0.2, 0) is 6.42 Å². The van der Waals surface area contributed by atoms with E-state index < -0.39 is 0 Å². The zero-order valence-electron chi connectivity index (χ0n) is 10.1. The van der Waals surface area contributed by atoms with Gasteiger partial charge in [0.25, 0.3) is 0 Å². The molecule has 3 rings (SSSR count). The van der Waals surface area contributed by atoms with Crippen molar-refractivity contribution in [2.75, 3.05) is 6.61 Å². The van der Waals surface area contributed by atoms with Gasteiger partial charge in [0.2, 0.25) is 0 Å². The Morgan fingerprint density at radius 1 is 1.47 bits per heavy atom. The molecule has 0 radical (unpaired) electrons. The second-order valence-electron chi connectivity index (χ2n) is 5.78. The van der Waals surface area contributed by atoms with Crippen molar-refractivity contribution in [1.82, 2.24) is 0 Å². The Kier molecular flexibility index (Phi) is 2.71. The van der Waals surface area contributed by atoms with Crippen LogP contribution in [0.25, 0.3) is 0 Å². The zero-order chi connectivity index (χ0) is 12.2. The van der Waals surface area contributed by atoms with Gasteiger partial charge in [-0.2, -0.15) is 0 Å². The van der Waals surface area contributed by atoms with Gasteiger partial charge in [0.1, 0.15) is 5.75 Å². The van der Waals surface area contributed by atoms with Crippen LogP contribution in [0, 0.1) is 11.3 Å².